The molecule has 0 saturated carbocycles. The second kappa shape index (κ2) is 7.15. The highest BCUT2D eigenvalue weighted by Gasteiger charge is 2.61. The van der Waals surface area contributed by atoms with Gasteiger partial charge in [0.1, 0.15) is 0 Å². The maximum atomic E-state index is 12.5. The van der Waals surface area contributed by atoms with Crippen molar-refractivity contribution in [2.45, 2.75) is 102 Å². The lowest BCUT2D eigenvalue weighted by Crippen LogP contribution is -2.60. The summed E-state index contributed by atoms with van der Waals surface area (Å²) < 4.78 is 6.43. The second-order valence-corrected chi connectivity index (χ2v) is 20.9. The summed E-state index contributed by atoms with van der Waals surface area (Å²) in [6.45, 7) is 22.2. The van der Waals surface area contributed by atoms with Crippen molar-refractivity contribution in [1.82, 2.24) is 0 Å². The maximum absolute atomic E-state index is 12.5. The summed E-state index contributed by atoms with van der Waals surface area (Å²) in [7, 11) is -4.81. The van der Waals surface area contributed by atoms with Crippen molar-refractivity contribution >= 4 is 28.3 Å². The molecule has 2 N–H and O–H groups in total. The first-order valence-electron chi connectivity index (χ1n) is 8.85. The molecule has 0 rings (SSSR count). The van der Waals surface area contributed by atoms with Gasteiger partial charge in [-0.15, -0.1) is 0 Å². The predicted octanol–water partition coefficient (Wildman–Crippen LogP) is 5.20. The lowest BCUT2D eigenvalue weighted by atomic mass is 10.0. The van der Waals surface area contributed by atoms with Gasteiger partial charge in [0.05, 0.1) is 25.6 Å². The van der Waals surface area contributed by atoms with Crippen LogP contribution in [0.5, 0.6) is 0 Å². The lowest BCUT2D eigenvalue weighted by Gasteiger charge is -2.53. The molecule has 0 fully saturated rings. The fourth-order valence-corrected chi connectivity index (χ4v) is 7.20. The van der Waals surface area contributed by atoms with Crippen LogP contribution in [-0.2, 0) is 14.0 Å². The van der Waals surface area contributed by atoms with Crippen molar-refractivity contribution in [2.24, 2.45) is 0 Å². The maximum Gasteiger partial charge on any atom is 0.309 e. The molecule has 25 heavy (non-hydrogen) atoms. The topological polar surface area (TPSA) is 83.8 Å². The van der Waals surface area contributed by atoms with Crippen LogP contribution in [0.1, 0.15) is 54.9 Å². The summed E-state index contributed by atoms with van der Waals surface area (Å²) in [5.74, 6) is -1.97. The number of carboxylic acid groups (broad SMARTS) is 2. The molecule has 0 aliphatic rings. The average Bonchev–Trinajstić information content (AvgIpc) is 2.32. The van der Waals surface area contributed by atoms with E-state index in [2.05, 4.69) is 20.8 Å². The highest BCUT2D eigenvalue weighted by atomic mass is 28.4. The molecule has 0 aromatic carbocycles. The van der Waals surface area contributed by atoms with E-state index in [1.165, 1.54) is 0 Å². The number of hydrogen-bond donors (Lipinski definition) is 2. The Kier molecular flexibility index (Phi) is 6.96. The summed E-state index contributed by atoms with van der Waals surface area (Å²) in [4.78, 5) is 24.0. The lowest BCUT2D eigenvalue weighted by molar-refractivity contribution is -0.146. The third-order valence-electron chi connectivity index (χ3n) is 6.86. The van der Waals surface area contributed by atoms with Crippen LogP contribution in [0.4, 0.5) is 0 Å². The molecule has 0 spiro atoms. The molecule has 0 aromatic rings. The van der Waals surface area contributed by atoms with E-state index in [4.69, 9.17) is 4.43 Å². The van der Waals surface area contributed by atoms with E-state index >= 15 is 0 Å². The van der Waals surface area contributed by atoms with Gasteiger partial charge < -0.3 is 14.6 Å². The minimum absolute atomic E-state index is 0.128. The Morgan fingerprint density at radius 1 is 0.880 bits per heavy atom. The van der Waals surface area contributed by atoms with Crippen molar-refractivity contribution in [2.75, 3.05) is 0 Å². The first kappa shape index (κ1) is 24.3. The minimum atomic E-state index is -2.48. The molecule has 0 aliphatic carbocycles. The molecule has 0 aromatic heterocycles. The van der Waals surface area contributed by atoms with Crippen molar-refractivity contribution in [1.29, 1.82) is 0 Å². The van der Waals surface area contributed by atoms with Crippen LogP contribution in [0, 0.1) is 0 Å². The van der Waals surface area contributed by atoms with Crippen molar-refractivity contribution in [3.05, 3.63) is 0 Å². The first-order valence-corrected chi connectivity index (χ1v) is 14.8. The van der Waals surface area contributed by atoms with Crippen LogP contribution in [-0.4, -0.2) is 44.6 Å². The molecule has 7 heteroatoms. The second-order valence-electron chi connectivity index (χ2n) is 10.3. The van der Waals surface area contributed by atoms with E-state index < -0.39 is 39.5 Å². The zero-order valence-electron chi connectivity index (χ0n) is 17.9. The molecule has 0 aliphatic heterocycles. The zero-order chi connectivity index (χ0) is 20.6. The van der Waals surface area contributed by atoms with E-state index in [-0.39, 0.29) is 16.5 Å². The van der Waals surface area contributed by atoms with E-state index in [1.54, 1.807) is 6.92 Å². The number of carbonyl (C=O) groups is 2. The summed E-state index contributed by atoms with van der Waals surface area (Å²) in [6, 6.07) is 0. The molecule has 0 radical (unpaired) electrons. The van der Waals surface area contributed by atoms with Gasteiger partial charge in [0.25, 0.3) is 0 Å². The number of carboxylic acids is 2. The quantitative estimate of drug-likeness (QED) is 0.583. The highest BCUT2D eigenvalue weighted by Crippen LogP contribution is 2.56. The summed E-state index contributed by atoms with van der Waals surface area (Å²) in [5, 5.41) is 18.1. The molecule has 5 nitrogen and oxygen atoms in total. The van der Waals surface area contributed by atoms with E-state index in [0.717, 1.165) is 0 Å². The summed E-state index contributed by atoms with van der Waals surface area (Å²) in [6.07, 6.45) is -1.13. The fraction of sp³-hybridized carbons (Fsp3) is 0.889. The van der Waals surface area contributed by atoms with Crippen molar-refractivity contribution in [3.63, 3.8) is 0 Å². The Balaban J connectivity index is 6.37. The highest BCUT2D eigenvalue weighted by molar-refractivity contribution is 6.86. The largest absolute Gasteiger partial charge is 0.481 e. The van der Waals surface area contributed by atoms with E-state index in [1.807, 2.05) is 47.0 Å². The Hall–Kier alpha value is -0.666. The minimum Gasteiger partial charge on any atom is -0.481 e. The van der Waals surface area contributed by atoms with Crippen LogP contribution in [0.15, 0.2) is 0 Å². The van der Waals surface area contributed by atoms with Crippen LogP contribution in [0.2, 0.25) is 41.3 Å². The van der Waals surface area contributed by atoms with Gasteiger partial charge in [0.2, 0.25) is 0 Å². The molecule has 0 bridgehead atoms. The molecule has 0 saturated heterocycles. The number of aliphatic carboxylic acids is 2. The molecular weight excluding hydrogens is 352 g/mol. The van der Waals surface area contributed by atoms with Gasteiger partial charge in [0.15, 0.2) is 8.32 Å². The zero-order valence-corrected chi connectivity index (χ0v) is 19.9. The molecule has 2 atom stereocenters. The predicted molar refractivity (Wildman–Crippen MR) is 108 cm³/mol. The van der Waals surface area contributed by atoms with Crippen LogP contribution < -0.4 is 0 Å². The summed E-state index contributed by atoms with van der Waals surface area (Å²) in [5.41, 5.74) is 0. The third-order valence-corrected chi connectivity index (χ3v) is 18.2. The van der Waals surface area contributed by atoms with Crippen molar-refractivity contribution < 1.29 is 24.2 Å². The van der Waals surface area contributed by atoms with Gasteiger partial charge in [-0.05, 0) is 30.1 Å². The van der Waals surface area contributed by atoms with Gasteiger partial charge in [-0.1, -0.05) is 54.6 Å². The number of rotatable bonds is 7. The Morgan fingerprint density at radius 3 is 1.52 bits per heavy atom. The number of hydrogen-bond acceptors (Lipinski definition) is 3. The van der Waals surface area contributed by atoms with Gasteiger partial charge in [-0.25, -0.2) is 0 Å². The molecular formula is C18H38O5Si2. The summed E-state index contributed by atoms with van der Waals surface area (Å²) >= 11 is 0. The van der Waals surface area contributed by atoms with E-state index in [9.17, 15) is 19.8 Å². The monoisotopic (exact) mass is 390 g/mol. The van der Waals surface area contributed by atoms with Crippen LogP contribution in [0.25, 0.3) is 0 Å². The van der Waals surface area contributed by atoms with Crippen LogP contribution in [0.3, 0.4) is 0 Å². The average molecular weight is 391 g/mol. The molecule has 0 heterocycles. The van der Waals surface area contributed by atoms with Gasteiger partial charge in [-0.3, -0.25) is 9.59 Å². The van der Waals surface area contributed by atoms with Gasteiger partial charge >= 0.3 is 11.9 Å². The standard InChI is InChI=1S/C18H38O5Si2/c1-16(2,3)24(8,9)18(7,15(21)22)13(12-14(19)20)23-25(10,11)17(4,5)6/h13H,12H2,1-11H3,(H,19,20)(H,21,22)/t13?,18-/m1/s1. The Labute approximate surface area is 155 Å². The smallest absolute Gasteiger partial charge is 0.309 e. The van der Waals surface area contributed by atoms with Crippen LogP contribution >= 0.6 is 0 Å². The third kappa shape index (κ3) is 4.74. The van der Waals surface area contributed by atoms with Gasteiger partial charge in [0, 0.05) is 0 Å². The molecule has 0 amide bonds. The normalized spacial score (nSPS) is 17.7. The fourth-order valence-electron chi connectivity index (χ4n) is 2.64. The Bertz CT molecular complexity index is 515. The van der Waals surface area contributed by atoms with Gasteiger partial charge in [-0.2, -0.15) is 0 Å². The molecule has 1 unspecified atom stereocenters. The Morgan fingerprint density at radius 2 is 1.28 bits per heavy atom. The SMILES string of the molecule is CC(C)(C)[Si](C)(C)OC(CC(=O)O)[C@](C)(C(=O)O)[Si](C)(C)C(C)(C)C. The van der Waals surface area contributed by atoms with E-state index in [0.29, 0.717) is 0 Å². The first-order chi connectivity index (χ1) is 10.7. The van der Waals surface area contributed by atoms with Crippen molar-refractivity contribution in [3.8, 4) is 0 Å². The molecule has 148 valence electrons.